The zero-order chi connectivity index (χ0) is 9.40. The highest BCUT2D eigenvalue weighted by molar-refractivity contribution is 7.80. The number of carboxylic acids is 1. The van der Waals surface area contributed by atoms with Crippen molar-refractivity contribution in [1.82, 2.24) is 0 Å². The quantitative estimate of drug-likeness (QED) is 0.478. The Morgan fingerprint density at radius 1 is 1.33 bits per heavy atom. The molecule has 1 unspecified atom stereocenters. The summed E-state index contributed by atoms with van der Waals surface area (Å²) < 4.78 is 0. The van der Waals surface area contributed by atoms with E-state index in [1.54, 1.807) is 0 Å². The Balaban J connectivity index is 2.96. The van der Waals surface area contributed by atoms with Crippen LogP contribution in [0.4, 0.5) is 0 Å². The average molecular weight is 190 g/mol. The minimum atomic E-state index is -0.683. The van der Waals surface area contributed by atoms with E-state index in [1.807, 2.05) is 0 Å². The predicted molar refractivity (Wildman–Crippen MR) is 53.8 cm³/mol. The molecule has 1 N–H and O–H groups in total. The van der Waals surface area contributed by atoms with Gasteiger partial charge in [-0.15, -0.1) is 0 Å². The average Bonchev–Trinajstić information content (AvgIpc) is 1.95. The van der Waals surface area contributed by atoms with E-state index >= 15 is 0 Å². The van der Waals surface area contributed by atoms with Gasteiger partial charge in [0.25, 0.3) is 0 Å². The molecule has 0 aliphatic rings. The first kappa shape index (κ1) is 11.8. The zero-order valence-electron chi connectivity index (χ0n) is 7.62. The fourth-order valence-corrected chi connectivity index (χ4v) is 1.25. The molecule has 0 rings (SSSR count). The van der Waals surface area contributed by atoms with Gasteiger partial charge in [-0.3, -0.25) is 4.79 Å². The Morgan fingerprint density at radius 3 is 2.42 bits per heavy atom. The van der Waals surface area contributed by atoms with Gasteiger partial charge in [-0.2, -0.15) is 12.6 Å². The van der Waals surface area contributed by atoms with Crippen LogP contribution in [0.1, 0.15) is 45.4 Å². The molecule has 72 valence electrons. The van der Waals surface area contributed by atoms with E-state index in [4.69, 9.17) is 5.11 Å². The van der Waals surface area contributed by atoms with Gasteiger partial charge in [0.2, 0.25) is 0 Å². The van der Waals surface area contributed by atoms with Crippen molar-refractivity contribution in [3.05, 3.63) is 0 Å². The van der Waals surface area contributed by atoms with Crippen LogP contribution in [0.25, 0.3) is 0 Å². The zero-order valence-corrected chi connectivity index (χ0v) is 8.52. The lowest BCUT2D eigenvalue weighted by Gasteiger charge is -2.02. The predicted octanol–water partition coefficient (Wildman–Crippen LogP) is 2.73. The molecule has 0 amide bonds. The molecule has 1 atom stereocenters. The monoisotopic (exact) mass is 190 g/mol. The van der Waals surface area contributed by atoms with Crippen LogP contribution >= 0.6 is 12.6 Å². The standard InChI is InChI=1S/C9H18O2S/c1-8(12)6-4-2-3-5-7-9(10)11/h8,12H,2-7H2,1H3,(H,10,11). The number of hydrogen-bond acceptors (Lipinski definition) is 2. The van der Waals surface area contributed by atoms with Crippen LogP contribution in [0.3, 0.4) is 0 Å². The molecule has 0 aromatic heterocycles. The fourth-order valence-electron chi connectivity index (χ4n) is 1.07. The van der Waals surface area contributed by atoms with E-state index in [1.165, 1.54) is 6.42 Å². The third-order valence-corrected chi connectivity index (χ3v) is 2.02. The summed E-state index contributed by atoms with van der Waals surface area (Å²) in [5.74, 6) is -0.683. The largest absolute Gasteiger partial charge is 0.481 e. The summed E-state index contributed by atoms with van der Waals surface area (Å²) in [6.45, 7) is 2.08. The Kier molecular flexibility index (Phi) is 7.36. The lowest BCUT2D eigenvalue weighted by atomic mass is 10.1. The van der Waals surface area contributed by atoms with Crippen molar-refractivity contribution < 1.29 is 9.90 Å². The highest BCUT2D eigenvalue weighted by atomic mass is 32.1. The summed E-state index contributed by atoms with van der Waals surface area (Å²) >= 11 is 4.26. The van der Waals surface area contributed by atoms with Crippen LogP contribution in [0, 0.1) is 0 Å². The minimum Gasteiger partial charge on any atom is -0.481 e. The molecule has 0 bridgehead atoms. The molecule has 0 aromatic rings. The molecular weight excluding hydrogens is 172 g/mol. The smallest absolute Gasteiger partial charge is 0.303 e. The minimum absolute atomic E-state index is 0.316. The lowest BCUT2D eigenvalue weighted by Crippen LogP contribution is -1.94. The molecule has 0 saturated carbocycles. The van der Waals surface area contributed by atoms with Crippen LogP contribution in [-0.4, -0.2) is 16.3 Å². The Labute approximate surface area is 79.8 Å². The molecule has 0 saturated heterocycles. The third-order valence-electron chi connectivity index (χ3n) is 1.76. The van der Waals surface area contributed by atoms with Crippen molar-refractivity contribution in [2.75, 3.05) is 0 Å². The lowest BCUT2D eigenvalue weighted by molar-refractivity contribution is -0.137. The number of rotatable bonds is 7. The number of carbonyl (C=O) groups is 1. The van der Waals surface area contributed by atoms with Gasteiger partial charge < -0.3 is 5.11 Å². The van der Waals surface area contributed by atoms with Crippen LogP contribution in [-0.2, 0) is 4.79 Å². The highest BCUT2D eigenvalue weighted by Crippen LogP contribution is 2.09. The molecular formula is C9H18O2S. The van der Waals surface area contributed by atoms with Crippen LogP contribution < -0.4 is 0 Å². The number of hydrogen-bond donors (Lipinski definition) is 2. The van der Waals surface area contributed by atoms with Gasteiger partial charge >= 0.3 is 5.97 Å². The molecule has 0 spiro atoms. The Morgan fingerprint density at radius 2 is 1.92 bits per heavy atom. The van der Waals surface area contributed by atoms with E-state index in [0.717, 1.165) is 25.7 Å². The maximum atomic E-state index is 10.1. The molecule has 0 fully saturated rings. The maximum absolute atomic E-state index is 10.1. The van der Waals surface area contributed by atoms with Crippen LogP contribution in [0.15, 0.2) is 0 Å². The summed E-state index contributed by atoms with van der Waals surface area (Å²) in [7, 11) is 0. The first-order valence-electron chi connectivity index (χ1n) is 4.53. The molecule has 0 aliphatic heterocycles. The number of unbranched alkanes of at least 4 members (excludes halogenated alkanes) is 3. The summed E-state index contributed by atoms with van der Waals surface area (Å²) in [6.07, 6.45) is 5.61. The van der Waals surface area contributed by atoms with Gasteiger partial charge in [0.1, 0.15) is 0 Å². The Bertz CT molecular complexity index is 124. The number of carboxylic acid groups (broad SMARTS) is 1. The van der Waals surface area contributed by atoms with E-state index in [9.17, 15) is 4.79 Å². The SMILES string of the molecule is CC(S)CCCCCCC(=O)O. The molecule has 0 aliphatic carbocycles. The molecule has 2 nitrogen and oxygen atoms in total. The molecule has 0 aromatic carbocycles. The normalized spacial score (nSPS) is 12.8. The Hall–Kier alpha value is -0.180. The van der Waals surface area contributed by atoms with E-state index in [0.29, 0.717) is 11.7 Å². The van der Waals surface area contributed by atoms with Gasteiger partial charge in [0.15, 0.2) is 0 Å². The second-order valence-corrected chi connectivity index (χ2v) is 4.08. The van der Waals surface area contributed by atoms with E-state index in [2.05, 4.69) is 19.6 Å². The molecule has 0 radical (unpaired) electrons. The molecule has 12 heavy (non-hydrogen) atoms. The van der Waals surface area contributed by atoms with Gasteiger partial charge in [-0.05, 0) is 18.1 Å². The summed E-state index contributed by atoms with van der Waals surface area (Å²) in [4.78, 5) is 10.1. The van der Waals surface area contributed by atoms with Gasteiger partial charge in [0.05, 0.1) is 0 Å². The second-order valence-electron chi connectivity index (χ2n) is 3.20. The van der Waals surface area contributed by atoms with Crippen molar-refractivity contribution >= 4 is 18.6 Å². The van der Waals surface area contributed by atoms with Gasteiger partial charge in [-0.1, -0.05) is 26.2 Å². The maximum Gasteiger partial charge on any atom is 0.303 e. The summed E-state index contributed by atoms with van der Waals surface area (Å²) in [5.41, 5.74) is 0. The number of thiol groups is 1. The van der Waals surface area contributed by atoms with Crippen LogP contribution in [0.2, 0.25) is 0 Å². The first-order valence-corrected chi connectivity index (χ1v) is 5.04. The summed E-state index contributed by atoms with van der Waals surface area (Å²) in [6, 6.07) is 0. The highest BCUT2D eigenvalue weighted by Gasteiger charge is 1.97. The topological polar surface area (TPSA) is 37.3 Å². The van der Waals surface area contributed by atoms with Crippen molar-refractivity contribution in [1.29, 1.82) is 0 Å². The molecule has 0 heterocycles. The van der Waals surface area contributed by atoms with E-state index < -0.39 is 5.97 Å². The second kappa shape index (κ2) is 7.47. The van der Waals surface area contributed by atoms with Gasteiger partial charge in [0, 0.05) is 6.42 Å². The van der Waals surface area contributed by atoms with Gasteiger partial charge in [-0.25, -0.2) is 0 Å². The van der Waals surface area contributed by atoms with Crippen molar-refractivity contribution in [3.63, 3.8) is 0 Å². The van der Waals surface area contributed by atoms with Crippen LogP contribution in [0.5, 0.6) is 0 Å². The molecule has 3 heteroatoms. The van der Waals surface area contributed by atoms with Crippen molar-refractivity contribution in [2.24, 2.45) is 0 Å². The fraction of sp³-hybridized carbons (Fsp3) is 0.889. The number of aliphatic carboxylic acids is 1. The van der Waals surface area contributed by atoms with E-state index in [-0.39, 0.29) is 0 Å². The summed E-state index contributed by atoms with van der Waals surface area (Å²) in [5, 5.41) is 8.82. The third kappa shape index (κ3) is 9.82. The van der Waals surface area contributed by atoms with Crippen molar-refractivity contribution in [2.45, 2.75) is 50.7 Å². The first-order chi connectivity index (χ1) is 5.63. The van der Waals surface area contributed by atoms with Crippen molar-refractivity contribution in [3.8, 4) is 0 Å².